The van der Waals surface area contributed by atoms with Gasteiger partial charge in [0.1, 0.15) is 0 Å². The van der Waals surface area contributed by atoms with Gasteiger partial charge in [-0.2, -0.15) is 0 Å². The summed E-state index contributed by atoms with van der Waals surface area (Å²) in [7, 11) is -4.00. The first-order chi connectivity index (χ1) is 9.56. The van der Waals surface area contributed by atoms with Gasteiger partial charge in [-0.3, -0.25) is 0 Å². The monoisotopic (exact) mass is 326 g/mol. The number of hydrogen-bond donors (Lipinski definition) is 0. The Kier molecular flexibility index (Phi) is 19.4. The standard InChI is InChI=1S/C16H32O3S.Na/c1-2-3-4-5-6-7-8-9-10-11-12-13-14-15-16-20(17,18)19;/h2H,1,3-16H2,(H,17,18,19);/q;+1/p-1. The third-order valence-corrected chi connectivity index (χ3v) is 4.34. The van der Waals surface area contributed by atoms with Gasteiger partial charge < -0.3 is 4.55 Å². The van der Waals surface area contributed by atoms with Crippen LogP contribution in [0, 0.1) is 0 Å². The van der Waals surface area contributed by atoms with Crippen LogP contribution in [0.4, 0.5) is 0 Å². The zero-order chi connectivity index (χ0) is 15.1. The van der Waals surface area contributed by atoms with Crippen molar-refractivity contribution in [2.75, 3.05) is 5.75 Å². The van der Waals surface area contributed by atoms with Crippen molar-refractivity contribution < 1.29 is 42.5 Å². The molecule has 0 aliphatic carbocycles. The predicted molar refractivity (Wildman–Crippen MR) is 84.8 cm³/mol. The van der Waals surface area contributed by atoms with Crippen LogP contribution in [0.25, 0.3) is 0 Å². The van der Waals surface area contributed by atoms with Crippen LogP contribution in [0.2, 0.25) is 0 Å². The van der Waals surface area contributed by atoms with Crippen LogP contribution < -0.4 is 29.6 Å². The van der Waals surface area contributed by atoms with E-state index in [0.29, 0.717) is 6.42 Å². The molecule has 0 saturated heterocycles. The van der Waals surface area contributed by atoms with E-state index in [9.17, 15) is 13.0 Å². The smallest absolute Gasteiger partial charge is 0.748 e. The van der Waals surface area contributed by atoms with Crippen molar-refractivity contribution >= 4 is 10.1 Å². The maximum atomic E-state index is 10.4. The summed E-state index contributed by atoms with van der Waals surface area (Å²) in [6, 6.07) is 0. The fraction of sp³-hybridized carbons (Fsp3) is 0.875. The molecule has 0 radical (unpaired) electrons. The van der Waals surface area contributed by atoms with Crippen LogP contribution in [0.15, 0.2) is 12.7 Å². The first kappa shape index (κ1) is 23.9. The minimum absolute atomic E-state index is 0. The average Bonchev–Trinajstić information content (AvgIpc) is 2.38. The Labute approximate surface area is 154 Å². The molecule has 0 rings (SSSR count). The van der Waals surface area contributed by atoms with E-state index in [4.69, 9.17) is 0 Å². The molecule has 0 aliphatic rings. The summed E-state index contributed by atoms with van der Waals surface area (Å²) in [4.78, 5) is 0. The largest absolute Gasteiger partial charge is 1.00 e. The van der Waals surface area contributed by atoms with Crippen molar-refractivity contribution in [2.45, 2.75) is 83.5 Å². The summed E-state index contributed by atoms with van der Waals surface area (Å²) in [6.45, 7) is 3.72. The molecule has 0 aromatic heterocycles. The molecule has 0 heterocycles. The third kappa shape index (κ3) is 23.1. The second kappa shape index (κ2) is 17.0. The van der Waals surface area contributed by atoms with Crippen LogP contribution in [0.3, 0.4) is 0 Å². The zero-order valence-electron chi connectivity index (χ0n) is 13.8. The quantitative estimate of drug-likeness (QED) is 0.199. The Balaban J connectivity index is 0. The second-order valence-corrected chi connectivity index (χ2v) is 7.11. The van der Waals surface area contributed by atoms with E-state index in [1.54, 1.807) is 0 Å². The normalized spacial score (nSPS) is 11.1. The minimum atomic E-state index is -4.00. The fourth-order valence-electron chi connectivity index (χ4n) is 2.34. The first-order valence-electron chi connectivity index (χ1n) is 8.11. The fourth-order valence-corrected chi connectivity index (χ4v) is 2.89. The predicted octanol–water partition coefficient (Wildman–Crippen LogP) is 1.79. The molecular weight excluding hydrogens is 295 g/mol. The molecule has 0 atom stereocenters. The molecule has 0 unspecified atom stereocenters. The molecule has 21 heavy (non-hydrogen) atoms. The van der Waals surface area contributed by atoms with Crippen molar-refractivity contribution in [3.8, 4) is 0 Å². The van der Waals surface area contributed by atoms with Gasteiger partial charge in [0, 0.05) is 5.75 Å². The van der Waals surface area contributed by atoms with Gasteiger partial charge in [0.15, 0.2) is 0 Å². The van der Waals surface area contributed by atoms with Crippen LogP contribution in [0.1, 0.15) is 83.5 Å². The number of allylic oxidation sites excluding steroid dienone is 1. The molecule has 0 fully saturated rings. The summed E-state index contributed by atoms with van der Waals surface area (Å²) in [6.07, 6.45) is 17.2. The molecule has 5 heteroatoms. The molecule has 0 aliphatic heterocycles. The molecule has 0 aromatic carbocycles. The maximum Gasteiger partial charge on any atom is 1.00 e. The maximum absolute atomic E-state index is 10.4. The van der Waals surface area contributed by atoms with E-state index >= 15 is 0 Å². The van der Waals surface area contributed by atoms with Crippen LogP contribution >= 0.6 is 0 Å². The van der Waals surface area contributed by atoms with Gasteiger partial charge in [-0.05, 0) is 19.3 Å². The third-order valence-electron chi connectivity index (χ3n) is 3.55. The van der Waals surface area contributed by atoms with Crippen LogP contribution in [-0.2, 0) is 10.1 Å². The van der Waals surface area contributed by atoms with Crippen molar-refractivity contribution in [3.05, 3.63) is 12.7 Å². The van der Waals surface area contributed by atoms with Crippen LogP contribution in [0.5, 0.6) is 0 Å². The molecule has 0 N–H and O–H groups in total. The Morgan fingerprint density at radius 2 is 1.05 bits per heavy atom. The number of rotatable bonds is 15. The zero-order valence-corrected chi connectivity index (χ0v) is 16.6. The SMILES string of the molecule is C=CCCCCCCCCCCCCCCS(=O)(=O)[O-].[Na+]. The Morgan fingerprint density at radius 3 is 1.38 bits per heavy atom. The molecule has 0 spiro atoms. The summed E-state index contributed by atoms with van der Waals surface area (Å²) < 4.78 is 31.2. The summed E-state index contributed by atoms with van der Waals surface area (Å²) in [5.41, 5.74) is 0. The van der Waals surface area contributed by atoms with Gasteiger partial charge in [0.2, 0.25) is 0 Å². The minimum Gasteiger partial charge on any atom is -0.748 e. The summed E-state index contributed by atoms with van der Waals surface area (Å²) in [5, 5.41) is 0. The molecule has 0 aromatic rings. The average molecular weight is 326 g/mol. The Bertz CT molecular complexity index is 315. The molecule has 0 saturated carbocycles. The van der Waals surface area contributed by atoms with Crippen molar-refractivity contribution in [2.24, 2.45) is 0 Å². The number of unbranched alkanes of at least 4 members (excludes halogenated alkanes) is 12. The van der Waals surface area contributed by atoms with Crippen molar-refractivity contribution in [1.82, 2.24) is 0 Å². The van der Waals surface area contributed by atoms with Gasteiger partial charge in [-0.25, -0.2) is 8.42 Å². The van der Waals surface area contributed by atoms with Crippen molar-refractivity contribution in [1.29, 1.82) is 0 Å². The molecule has 120 valence electrons. The van der Waals surface area contributed by atoms with E-state index in [1.807, 2.05) is 6.08 Å². The van der Waals surface area contributed by atoms with Crippen LogP contribution in [-0.4, -0.2) is 18.7 Å². The molecule has 0 amide bonds. The van der Waals surface area contributed by atoms with Gasteiger partial charge in [0.05, 0.1) is 10.1 Å². The Hall–Kier alpha value is 0.650. The summed E-state index contributed by atoms with van der Waals surface area (Å²) in [5.74, 6) is -0.196. The Morgan fingerprint density at radius 1 is 0.714 bits per heavy atom. The molecular formula is C16H31NaO3S. The van der Waals surface area contributed by atoms with E-state index in [-0.39, 0.29) is 35.3 Å². The number of hydrogen-bond acceptors (Lipinski definition) is 3. The van der Waals surface area contributed by atoms with E-state index in [2.05, 4.69) is 6.58 Å². The summed E-state index contributed by atoms with van der Waals surface area (Å²) >= 11 is 0. The van der Waals surface area contributed by atoms with E-state index < -0.39 is 10.1 Å². The van der Waals surface area contributed by atoms with Gasteiger partial charge in [-0.15, -0.1) is 6.58 Å². The van der Waals surface area contributed by atoms with Gasteiger partial charge >= 0.3 is 29.6 Å². The van der Waals surface area contributed by atoms with E-state index in [0.717, 1.165) is 25.7 Å². The van der Waals surface area contributed by atoms with Gasteiger partial charge in [-0.1, -0.05) is 70.3 Å². The second-order valence-electron chi connectivity index (χ2n) is 5.58. The molecule has 3 nitrogen and oxygen atoms in total. The topological polar surface area (TPSA) is 57.2 Å². The van der Waals surface area contributed by atoms with Crippen molar-refractivity contribution in [3.63, 3.8) is 0 Å². The van der Waals surface area contributed by atoms with E-state index in [1.165, 1.54) is 51.4 Å². The first-order valence-corrected chi connectivity index (χ1v) is 9.68. The van der Waals surface area contributed by atoms with Gasteiger partial charge in [0.25, 0.3) is 0 Å². The molecule has 0 bridgehead atoms.